The number of ether oxygens (including phenoxy) is 8. The standard InChI is InChI=1S/C56H82N2O18/c1-3-17-41(39-75-51(65)25-13-11-23-49(63)73-37-33-69-31-35-71-47(61)21-7-5-15-29-59)57-45-27-28-46(54-53(45)55(67)43-19-9-10-20-44(43)56(54)68)58-42(18-4-2)40-76-52(66)26-14-12-24-50(64)74-38-34-70-32-36-72-48(62)22-8-6-16-30-60/h9-10,19-20,27-28,41-42,57-60H,3-8,11-18,21-26,29-40H2,1-2H3. The summed E-state index contributed by atoms with van der Waals surface area (Å²) < 4.78 is 42.5. The number of esters is 6. The Labute approximate surface area is 446 Å². The Kier molecular flexibility index (Phi) is 33.4. The first kappa shape index (κ1) is 64.3. The van der Waals surface area contributed by atoms with E-state index in [0.29, 0.717) is 75.6 Å². The van der Waals surface area contributed by atoms with E-state index in [4.69, 9.17) is 48.1 Å². The number of ketones is 2. The molecule has 4 N–H and O–H groups in total. The van der Waals surface area contributed by atoms with Crippen molar-refractivity contribution in [2.45, 2.75) is 154 Å². The molecule has 2 unspecified atom stereocenters. The number of hydrogen-bond acceptors (Lipinski definition) is 20. The summed E-state index contributed by atoms with van der Waals surface area (Å²) in [6, 6.07) is 9.25. The molecule has 0 fully saturated rings. The van der Waals surface area contributed by atoms with Crippen molar-refractivity contribution >= 4 is 58.8 Å². The molecule has 0 amide bonds. The number of nitrogens with one attached hydrogen (secondary N) is 2. The summed E-state index contributed by atoms with van der Waals surface area (Å²) >= 11 is 0. The number of fused-ring (bicyclic) bond motifs is 2. The Hall–Kier alpha value is -5.96. The van der Waals surface area contributed by atoms with Crippen molar-refractivity contribution < 1.29 is 86.5 Å². The van der Waals surface area contributed by atoms with Crippen LogP contribution in [0.25, 0.3) is 0 Å². The zero-order valence-corrected chi connectivity index (χ0v) is 44.7. The molecule has 424 valence electrons. The summed E-state index contributed by atoms with van der Waals surface area (Å²) in [5, 5.41) is 24.4. The van der Waals surface area contributed by atoms with Crippen molar-refractivity contribution in [3.05, 3.63) is 58.7 Å². The van der Waals surface area contributed by atoms with Crippen molar-refractivity contribution in [3.8, 4) is 0 Å². The summed E-state index contributed by atoms with van der Waals surface area (Å²) in [5.74, 6) is -3.09. The average molecular weight is 1070 g/mol. The Morgan fingerprint density at radius 1 is 0.421 bits per heavy atom. The van der Waals surface area contributed by atoms with E-state index in [-0.39, 0.29) is 164 Å². The van der Waals surface area contributed by atoms with Gasteiger partial charge in [-0.15, -0.1) is 0 Å². The minimum Gasteiger partial charge on any atom is -0.463 e. The van der Waals surface area contributed by atoms with E-state index in [9.17, 15) is 38.4 Å². The van der Waals surface area contributed by atoms with Crippen molar-refractivity contribution in [2.24, 2.45) is 0 Å². The largest absolute Gasteiger partial charge is 0.463 e. The molecule has 20 heteroatoms. The molecular formula is C56H82N2O18. The summed E-state index contributed by atoms with van der Waals surface area (Å²) in [5.41, 5.74) is 1.71. The first-order chi connectivity index (χ1) is 36.9. The molecule has 76 heavy (non-hydrogen) atoms. The number of hydrogen-bond donors (Lipinski definition) is 4. The van der Waals surface area contributed by atoms with Crippen LogP contribution in [0.1, 0.15) is 174 Å². The van der Waals surface area contributed by atoms with Crippen LogP contribution in [0.3, 0.4) is 0 Å². The number of unbranched alkanes of at least 4 members (excludes halogenated alkanes) is 6. The molecule has 0 spiro atoms. The van der Waals surface area contributed by atoms with Gasteiger partial charge in [0.25, 0.3) is 0 Å². The molecule has 0 heterocycles. The van der Waals surface area contributed by atoms with Crippen molar-refractivity contribution in [3.63, 3.8) is 0 Å². The maximum absolute atomic E-state index is 14.3. The molecule has 0 saturated heterocycles. The van der Waals surface area contributed by atoms with Crippen LogP contribution in [0.4, 0.5) is 11.4 Å². The summed E-state index contributed by atoms with van der Waals surface area (Å²) in [6.45, 7) is 5.04. The van der Waals surface area contributed by atoms with Crippen LogP contribution in [0.5, 0.6) is 0 Å². The van der Waals surface area contributed by atoms with E-state index in [1.165, 1.54) is 0 Å². The van der Waals surface area contributed by atoms with E-state index in [2.05, 4.69) is 10.6 Å². The first-order valence-corrected chi connectivity index (χ1v) is 27.1. The topological polar surface area (TPSA) is 275 Å². The van der Waals surface area contributed by atoms with E-state index in [1.807, 2.05) is 13.8 Å². The van der Waals surface area contributed by atoms with Crippen molar-refractivity contribution in [1.82, 2.24) is 0 Å². The van der Waals surface area contributed by atoms with E-state index in [1.54, 1.807) is 36.4 Å². The third-order valence-corrected chi connectivity index (χ3v) is 12.0. The number of aliphatic hydroxyl groups excluding tert-OH is 2. The van der Waals surface area contributed by atoms with Gasteiger partial charge in [0.1, 0.15) is 39.6 Å². The molecule has 0 bridgehead atoms. The second kappa shape index (κ2) is 39.4. The first-order valence-electron chi connectivity index (χ1n) is 27.1. The fourth-order valence-electron chi connectivity index (χ4n) is 8.07. The molecule has 2 atom stereocenters. The van der Waals surface area contributed by atoms with Gasteiger partial charge in [-0.05, 0) is 76.3 Å². The zero-order chi connectivity index (χ0) is 55.2. The second-order valence-electron chi connectivity index (χ2n) is 18.3. The highest BCUT2D eigenvalue weighted by molar-refractivity contribution is 6.32. The summed E-state index contributed by atoms with van der Waals surface area (Å²) in [6.07, 6.45) is 9.26. The molecule has 1 aliphatic carbocycles. The minimum absolute atomic E-state index is 0.00714. The van der Waals surface area contributed by atoms with E-state index < -0.39 is 36.0 Å². The molecular weight excluding hydrogens is 989 g/mol. The van der Waals surface area contributed by atoms with Gasteiger partial charge in [0.2, 0.25) is 0 Å². The Morgan fingerprint density at radius 3 is 1.03 bits per heavy atom. The number of rotatable bonds is 44. The average Bonchev–Trinajstić information content (AvgIpc) is 3.41. The van der Waals surface area contributed by atoms with Gasteiger partial charge >= 0.3 is 35.8 Å². The molecule has 0 saturated carbocycles. The quantitative estimate of drug-likeness (QED) is 0.0249. The maximum atomic E-state index is 14.3. The number of carbonyl (C=O) groups excluding carboxylic acids is 8. The van der Waals surface area contributed by atoms with Gasteiger partial charge in [-0.25, -0.2) is 0 Å². The molecule has 3 rings (SSSR count). The van der Waals surface area contributed by atoms with Gasteiger partial charge in [-0.1, -0.05) is 63.8 Å². The maximum Gasteiger partial charge on any atom is 0.305 e. The number of anilines is 2. The van der Waals surface area contributed by atoms with Gasteiger partial charge < -0.3 is 58.7 Å². The Balaban J connectivity index is 1.44. The van der Waals surface area contributed by atoms with Crippen LogP contribution in [-0.2, 0) is 66.7 Å². The van der Waals surface area contributed by atoms with Crippen LogP contribution in [0, 0.1) is 0 Å². The Bertz CT molecular complexity index is 1950. The SMILES string of the molecule is CCCC(COC(=O)CCCCC(=O)OCCOCCOC(=O)CCCCCO)Nc1ccc(NC(CCC)COC(=O)CCCCC(=O)OCCOCCOC(=O)CCCCCO)c2c1C(=O)c1ccccc1C2=O. The molecule has 2 aromatic carbocycles. The lowest BCUT2D eigenvalue weighted by atomic mass is 9.82. The highest BCUT2D eigenvalue weighted by Crippen LogP contribution is 2.37. The molecule has 20 nitrogen and oxygen atoms in total. The second-order valence-corrected chi connectivity index (χ2v) is 18.3. The van der Waals surface area contributed by atoms with Crippen LogP contribution in [-0.4, -0.2) is 149 Å². The lowest BCUT2D eigenvalue weighted by Gasteiger charge is -2.28. The molecule has 1 aliphatic rings. The molecule has 0 radical (unpaired) electrons. The zero-order valence-electron chi connectivity index (χ0n) is 44.7. The van der Waals surface area contributed by atoms with E-state index in [0.717, 1.165) is 25.7 Å². The highest BCUT2D eigenvalue weighted by Gasteiger charge is 2.35. The number of carbonyl (C=O) groups is 8. The predicted octanol–water partition coefficient (Wildman–Crippen LogP) is 7.14. The lowest BCUT2D eigenvalue weighted by Crippen LogP contribution is -2.32. The highest BCUT2D eigenvalue weighted by atomic mass is 16.6. The van der Waals surface area contributed by atoms with Crippen LogP contribution >= 0.6 is 0 Å². The molecule has 2 aromatic rings. The molecule has 0 aliphatic heterocycles. The fraction of sp³-hybridized carbons (Fsp3) is 0.643. The fourth-order valence-corrected chi connectivity index (χ4v) is 8.07. The number of aliphatic hydroxyl groups is 2. The van der Waals surface area contributed by atoms with Crippen LogP contribution in [0.2, 0.25) is 0 Å². The van der Waals surface area contributed by atoms with Gasteiger partial charge in [0.05, 0.1) is 49.6 Å². The van der Waals surface area contributed by atoms with Gasteiger partial charge in [0, 0.05) is 74.2 Å². The summed E-state index contributed by atoms with van der Waals surface area (Å²) in [4.78, 5) is 102. The smallest absolute Gasteiger partial charge is 0.305 e. The normalized spacial score (nSPS) is 12.4. The van der Waals surface area contributed by atoms with Gasteiger partial charge in [-0.3, -0.25) is 38.4 Å². The Morgan fingerprint density at radius 2 is 0.724 bits per heavy atom. The van der Waals surface area contributed by atoms with Gasteiger partial charge in [0.15, 0.2) is 11.6 Å². The number of benzene rings is 2. The van der Waals surface area contributed by atoms with Crippen molar-refractivity contribution in [2.75, 3.05) is 89.9 Å². The van der Waals surface area contributed by atoms with E-state index >= 15 is 0 Å². The lowest BCUT2D eigenvalue weighted by molar-refractivity contribution is -0.148. The van der Waals surface area contributed by atoms with Gasteiger partial charge in [-0.2, -0.15) is 0 Å². The van der Waals surface area contributed by atoms with Crippen LogP contribution in [0.15, 0.2) is 36.4 Å². The third-order valence-electron chi connectivity index (χ3n) is 12.0. The van der Waals surface area contributed by atoms with Crippen molar-refractivity contribution in [1.29, 1.82) is 0 Å². The molecule has 0 aromatic heterocycles. The van der Waals surface area contributed by atoms with Crippen LogP contribution < -0.4 is 10.6 Å². The predicted molar refractivity (Wildman–Crippen MR) is 280 cm³/mol. The minimum atomic E-state index is -0.448. The monoisotopic (exact) mass is 1070 g/mol. The third kappa shape index (κ3) is 26.2. The summed E-state index contributed by atoms with van der Waals surface area (Å²) in [7, 11) is 0.